The summed E-state index contributed by atoms with van der Waals surface area (Å²) in [6.45, 7) is -0.508. The van der Waals surface area contributed by atoms with Crippen molar-refractivity contribution >= 4 is 17.6 Å². The SMILES string of the molecule is COC(=O)c1ccc(NC(=O)Cn2cc(OC)c(=O)cc2CO)cc1. The van der Waals surface area contributed by atoms with Crippen LogP contribution in [-0.2, 0) is 22.7 Å². The van der Waals surface area contributed by atoms with Crippen molar-refractivity contribution in [3.8, 4) is 5.75 Å². The standard InChI is InChI=1S/C17H18N2O6/c1-24-15-8-19(13(10-20)7-14(15)21)9-16(22)18-12-5-3-11(4-6-12)17(23)25-2/h3-8,20H,9-10H2,1-2H3,(H,18,22). The van der Waals surface area contributed by atoms with Crippen molar-refractivity contribution in [2.75, 3.05) is 19.5 Å². The lowest BCUT2D eigenvalue weighted by atomic mass is 10.2. The topological polar surface area (TPSA) is 107 Å². The van der Waals surface area contributed by atoms with E-state index in [-0.39, 0.29) is 30.2 Å². The first-order valence-electron chi connectivity index (χ1n) is 7.35. The van der Waals surface area contributed by atoms with Crippen LogP contribution in [0.25, 0.3) is 0 Å². The first kappa shape index (κ1) is 18.2. The number of carbonyl (C=O) groups excluding carboxylic acids is 2. The number of carbonyl (C=O) groups is 2. The van der Waals surface area contributed by atoms with Gasteiger partial charge in [0, 0.05) is 17.4 Å². The first-order valence-corrected chi connectivity index (χ1v) is 7.35. The molecule has 1 heterocycles. The molecule has 0 radical (unpaired) electrons. The number of rotatable bonds is 6. The van der Waals surface area contributed by atoms with Crippen LogP contribution < -0.4 is 15.5 Å². The molecule has 0 saturated carbocycles. The Morgan fingerprint density at radius 3 is 2.44 bits per heavy atom. The summed E-state index contributed by atoms with van der Waals surface area (Å²) >= 11 is 0. The van der Waals surface area contributed by atoms with Gasteiger partial charge in [0.25, 0.3) is 0 Å². The summed E-state index contributed by atoms with van der Waals surface area (Å²) in [6, 6.07) is 7.43. The molecule has 132 valence electrons. The molecular weight excluding hydrogens is 328 g/mol. The van der Waals surface area contributed by atoms with Crippen LogP contribution in [0.3, 0.4) is 0 Å². The third kappa shape index (κ3) is 4.45. The molecule has 0 aliphatic heterocycles. The van der Waals surface area contributed by atoms with Crippen molar-refractivity contribution in [3.63, 3.8) is 0 Å². The average molecular weight is 346 g/mol. The van der Waals surface area contributed by atoms with E-state index < -0.39 is 5.97 Å². The van der Waals surface area contributed by atoms with Crippen molar-refractivity contribution < 1.29 is 24.2 Å². The summed E-state index contributed by atoms with van der Waals surface area (Å²) in [7, 11) is 2.64. The molecule has 1 aromatic heterocycles. The van der Waals surface area contributed by atoms with Crippen LogP contribution in [0.1, 0.15) is 16.1 Å². The van der Waals surface area contributed by atoms with Gasteiger partial charge in [-0.1, -0.05) is 0 Å². The number of esters is 1. The molecule has 2 aromatic rings. The molecule has 0 saturated heterocycles. The van der Waals surface area contributed by atoms with Gasteiger partial charge in [0.15, 0.2) is 5.75 Å². The van der Waals surface area contributed by atoms with Crippen molar-refractivity contribution in [2.45, 2.75) is 13.2 Å². The van der Waals surface area contributed by atoms with E-state index in [0.29, 0.717) is 16.9 Å². The van der Waals surface area contributed by atoms with Crippen LogP contribution in [0.15, 0.2) is 41.3 Å². The molecule has 0 spiro atoms. The van der Waals surface area contributed by atoms with Crippen molar-refractivity contribution in [3.05, 3.63) is 58.0 Å². The third-order valence-corrected chi connectivity index (χ3v) is 3.47. The first-order chi connectivity index (χ1) is 12.0. The summed E-state index contributed by atoms with van der Waals surface area (Å²) in [4.78, 5) is 35.2. The number of aliphatic hydroxyl groups excluding tert-OH is 1. The van der Waals surface area contributed by atoms with Crippen molar-refractivity contribution in [1.29, 1.82) is 0 Å². The van der Waals surface area contributed by atoms with Crippen LogP contribution in [0.2, 0.25) is 0 Å². The Morgan fingerprint density at radius 2 is 1.88 bits per heavy atom. The molecule has 0 aliphatic carbocycles. The number of hydrogen-bond donors (Lipinski definition) is 2. The molecule has 0 aliphatic rings. The van der Waals surface area contributed by atoms with Gasteiger partial charge in [-0.05, 0) is 24.3 Å². The van der Waals surface area contributed by atoms with Gasteiger partial charge in [-0.15, -0.1) is 0 Å². The van der Waals surface area contributed by atoms with E-state index in [9.17, 15) is 19.5 Å². The normalized spacial score (nSPS) is 10.2. The summed E-state index contributed by atoms with van der Waals surface area (Å²) in [5.74, 6) is -0.760. The largest absolute Gasteiger partial charge is 0.491 e. The molecule has 2 N–H and O–H groups in total. The van der Waals surface area contributed by atoms with Gasteiger partial charge in [-0.25, -0.2) is 4.79 Å². The fourth-order valence-corrected chi connectivity index (χ4v) is 2.19. The molecule has 1 amide bonds. The van der Waals surface area contributed by atoms with Crippen LogP contribution in [-0.4, -0.2) is 35.8 Å². The minimum atomic E-state index is -0.467. The van der Waals surface area contributed by atoms with E-state index in [1.54, 1.807) is 12.1 Å². The van der Waals surface area contributed by atoms with Crippen LogP contribution in [0, 0.1) is 0 Å². The number of anilines is 1. The number of aliphatic hydroxyl groups is 1. The molecule has 0 bridgehead atoms. The van der Waals surface area contributed by atoms with Gasteiger partial charge in [0.2, 0.25) is 11.3 Å². The Kier molecular flexibility index (Phi) is 5.91. The maximum atomic E-state index is 12.2. The number of nitrogens with zero attached hydrogens (tertiary/aromatic N) is 1. The quantitative estimate of drug-likeness (QED) is 0.749. The molecule has 0 unspecified atom stereocenters. The summed E-state index contributed by atoms with van der Waals surface area (Å²) in [5.41, 5.74) is 0.785. The van der Waals surface area contributed by atoms with Crippen LogP contribution in [0.5, 0.6) is 5.75 Å². The number of methoxy groups -OCH3 is 2. The van der Waals surface area contributed by atoms with E-state index in [1.165, 1.54) is 43.2 Å². The number of ether oxygens (including phenoxy) is 2. The molecule has 1 aromatic carbocycles. The maximum Gasteiger partial charge on any atom is 0.337 e. The fraction of sp³-hybridized carbons (Fsp3) is 0.235. The minimum absolute atomic E-state index is 0.0763. The number of amides is 1. The van der Waals surface area contributed by atoms with Gasteiger partial charge in [-0.3, -0.25) is 9.59 Å². The zero-order chi connectivity index (χ0) is 18.4. The smallest absolute Gasteiger partial charge is 0.337 e. The number of nitrogens with one attached hydrogen (secondary N) is 1. The molecule has 8 heteroatoms. The summed E-state index contributed by atoms with van der Waals surface area (Å²) < 4.78 is 11.0. The van der Waals surface area contributed by atoms with Crippen molar-refractivity contribution in [1.82, 2.24) is 4.57 Å². The van der Waals surface area contributed by atoms with Gasteiger partial charge in [0.1, 0.15) is 6.54 Å². The maximum absolute atomic E-state index is 12.2. The molecular formula is C17H18N2O6. The Morgan fingerprint density at radius 1 is 1.20 bits per heavy atom. The highest BCUT2D eigenvalue weighted by Crippen LogP contribution is 2.12. The lowest BCUT2D eigenvalue weighted by molar-refractivity contribution is -0.116. The van der Waals surface area contributed by atoms with E-state index in [4.69, 9.17) is 4.74 Å². The lowest BCUT2D eigenvalue weighted by Gasteiger charge is -2.13. The predicted octanol–water partition coefficient (Wildman–Crippen LogP) is 0.774. The summed E-state index contributed by atoms with van der Waals surface area (Å²) in [6.07, 6.45) is 1.37. The van der Waals surface area contributed by atoms with Crippen LogP contribution >= 0.6 is 0 Å². The Balaban J connectivity index is 2.12. The fourth-order valence-electron chi connectivity index (χ4n) is 2.19. The zero-order valence-electron chi connectivity index (χ0n) is 13.8. The zero-order valence-corrected chi connectivity index (χ0v) is 13.8. The Bertz CT molecular complexity index is 826. The van der Waals surface area contributed by atoms with Gasteiger partial charge >= 0.3 is 5.97 Å². The lowest BCUT2D eigenvalue weighted by Crippen LogP contribution is -2.23. The Hall–Kier alpha value is -3.13. The van der Waals surface area contributed by atoms with Crippen molar-refractivity contribution in [2.24, 2.45) is 0 Å². The number of aromatic nitrogens is 1. The second-order valence-electron chi connectivity index (χ2n) is 5.10. The number of pyridine rings is 1. The van der Waals surface area contributed by atoms with E-state index in [0.717, 1.165) is 0 Å². The number of hydrogen-bond acceptors (Lipinski definition) is 6. The molecule has 0 atom stereocenters. The van der Waals surface area contributed by atoms with E-state index in [2.05, 4.69) is 10.1 Å². The third-order valence-electron chi connectivity index (χ3n) is 3.47. The molecule has 8 nitrogen and oxygen atoms in total. The van der Waals surface area contributed by atoms with Gasteiger partial charge < -0.3 is 24.5 Å². The summed E-state index contributed by atoms with van der Waals surface area (Å²) in [5, 5.41) is 12.0. The van der Waals surface area contributed by atoms with Gasteiger partial charge in [-0.2, -0.15) is 0 Å². The average Bonchev–Trinajstić information content (AvgIpc) is 2.62. The highest BCUT2D eigenvalue weighted by Gasteiger charge is 2.11. The minimum Gasteiger partial charge on any atom is -0.491 e. The number of benzene rings is 1. The molecule has 0 fully saturated rings. The molecule has 25 heavy (non-hydrogen) atoms. The molecule has 2 rings (SSSR count). The monoisotopic (exact) mass is 346 g/mol. The Labute approximate surface area is 143 Å². The highest BCUT2D eigenvalue weighted by atomic mass is 16.5. The van der Waals surface area contributed by atoms with E-state index in [1.807, 2.05) is 0 Å². The van der Waals surface area contributed by atoms with E-state index >= 15 is 0 Å². The second kappa shape index (κ2) is 8.11. The second-order valence-corrected chi connectivity index (χ2v) is 5.10. The predicted molar refractivity (Wildman–Crippen MR) is 89.6 cm³/mol. The highest BCUT2D eigenvalue weighted by molar-refractivity contribution is 5.93. The van der Waals surface area contributed by atoms with Gasteiger partial charge in [0.05, 0.1) is 32.6 Å². The van der Waals surface area contributed by atoms with Crippen LogP contribution in [0.4, 0.5) is 5.69 Å².